The van der Waals surface area contributed by atoms with Gasteiger partial charge in [0.25, 0.3) is 0 Å². The number of aliphatic carboxylic acids is 1. The minimum Gasteiger partial charge on any atom is -0.497 e. The van der Waals surface area contributed by atoms with Crippen molar-refractivity contribution in [1.82, 2.24) is 4.90 Å². The number of nitrogens with zero attached hydrogens (tertiary/aromatic N) is 1. The Hall–Kier alpha value is -1.84. The molecule has 0 aromatic heterocycles. The van der Waals surface area contributed by atoms with E-state index in [1.54, 1.807) is 7.11 Å². The fraction of sp³-hybridized carbons (Fsp3) is 0.696. The zero-order valence-electron chi connectivity index (χ0n) is 20.5. The highest BCUT2D eigenvalue weighted by Crippen LogP contribution is 2.46. The van der Waals surface area contributed by atoms with E-state index in [4.69, 9.17) is 14.2 Å². The molecular weight excluding hydrogens is 498 g/mol. The van der Waals surface area contributed by atoms with Crippen molar-refractivity contribution in [2.75, 3.05) is 27.7 Å². The van der Waals surface area contributed by atoms with Crippen LogP contribution in [0.4, 0.5) is 0 Å². The summed E-state index contributed by atoms with van der Waals surface area (Å²) in [6, 6.07) is 7.44. The van der Waals surface area contributed by atoms with Crippen LogP contribution >= 0.6 is 0 Å². The molecule has 1 aromatic carbocycles. The van der Waals surface area contributed by atoms with Gasteiger partial charge in [-0.3, -0.25) is 4.55 Å². The third kappa shape index (κ3) is 6.72. The number of ether oxygens (including phenoxy) is 3. The lowest BCUT2D eigenvalue weighted by molar-refractivity contribution is -0.322. The number of aliphatic hydroxyl groups is 2. The standard InChI is InChI=1S/C23H35NO11S/c1-24(2)13-16(14-7-9-15(32-3)10-8-14)23(11-5-4-6-12-23)34-22-20(35-36(29,30)31)18(26)17(25)19(33-22)21(27)28/h7-10,16-20,22,25-26H,4-6,11-13H2,1-3H3,(H,27,28)(H,29,30,31). The van der Waals surface area contributed by atoms with E-state index in [0.29, 0.717) is 25.1 Å². The van der Waals surface area contributed by atoms with Gasteiger partial charge in [0.2, 0.25) is 0 Å². The SMILES string of the molecule is COc1ccc(C(CN(C)C)C2(OC3OC(C(=O)O)C(O)C(O)C3OS(=O)(=O)O)CCCCC2)cc1. The molecule has 0 spiro atoms. The van der Waals surface area contributed by atoms with Gasteiger partial charge in [0.1, 0.15) is 18.0 Å². The third-order valence-corrected chi connectivity index (χ3v) is 7.24. The molecule has 0 bridgehead atoms. The quantitative estimate of drug-likeness (QED) is 0.312. The molecule has 0 radical (unpaired) electrons. The summed E-state index contributed by atoms with van der Waals surface area (Å²) in [5, 5.41) is 30.3. The molecule has 1 saturated carbocycles. The summed E-state index contributed by atoms with van der Waals surface area (Å²) in [5.41, 5.74) is -0.0574. The molecule has 1 heterocycles. The topological polar surface area (TPSA) is 172 Å². The Morgan fingerprint density at radius 3 is 2.25 bits per heavy atom. The van der Waals surface area contributed by atoms with Crippen molar-refractivity contribution < 1.29 is 51.5 Å². The Kier molecular flexibility index (Phi) is 9.33. The zero-order chi connectivity index (χ0) is 26.7. The lowest BCUT2D eigenvalue weighted by Crippen LogP contribution is -2.63. The van der Waals surface area contributed by atoms with Gasteiger partial charge in [-0.2, -0.15) is 8.42 Å². The van der Waals surface area contributed by atoms with E-state index in [1.807, 2.05) is 43.3 Å². The van der Waals surface area contributed by atoms with Gasteiger partial charge in [0.15, 0.2) is 18.5 Å². The van der Waals surface area contributed by atoms with Crippen molar-refractivity contribution in [3.63, 3.8) is 0 Å². The first-order valence-corrected chi connectivity index (χ1v) is 13.1. The van der Waals surface area contributed by atoms with E-state index in [1.165, 1.54) is 0 Å². The Morgan fingerprint density at radius 1 is 1.14 bits per heavy atom. The third-order valence-electron chi connectivity index (χ3n) is 6.77. The van der Waals surface area contributed by atoms with Crippen LogP contribution in [0.25, 0.3) is 0 Å². The first-order valence-electron chi connectivity index (χ1n) is 11.7. The highest BCUT2D eigenvalue weighted by molar-refractivity contribution is 7.80. The molecule has 36 heavy (non-hydrogen) atoms. The van der Waals surface area contributed by atoms with E-state index >= 15 is 0 Å². The van der Waals surface area contributed by atoms with Crippen LogP contribution in [0.3, 0.4) is 0 Å². The van der Waals surface area contributed by atoms with E-state index in [0.717, 1.165) is 24.8 Å². The zero-order valence-corrected chi connectivity index (χ0v) is 21.3. The average molecular weight is 534 g/mol. The summed E-state index contributed by atoms with van der Waals surface area (Å²) in [5.74, 6) is -1.18. The van der Waals surface area contributed by atoms with Crippen LogP contribution < -0.4 is 4.74 Å². The van der Waals surface area contributed by atoms with Gasteiger partial charge in [-0.25, -0.2) is 8.98 Å². The van der Waals surface area contributed by atoms with Crippen LogP contribution in [0.1, 0.15) is 43.6 Å². The second kappa shape index (κ2) is 11.7. The molecule has 1 aliphatic heterocycles. The highest BCUT2D eigenvalue weighted by Gasteiger charge is 2.54. The molecule has 2 aliphatic rings. The van der Waals surface area contributed by atoms with Crippen molar-refractivity contribution in [3.05, 3.63) is 29.8 Å². The largest absolute Gasteiger partial charge is 0.497 e. The molecule has 3 rings (SSSR count). The first-order chi connectivity index (χ1) is 16.9. The molecule has 1 aromatic rings. The van der Waals surface area contributed by atoms with Crippen molar-refractivity contribution in [1.29, 1.82) is 0 Å². The summed E-state index contributed by atoms with van der Waals surface area (Å²) < 4.78 is 54.2. The predicted octanol–water partition coefficient (Wildman–Crippen LogP) is 0.779. The number of likely N-dealkylation sites (N-methyl/N-ethyl adjacent to an activating group) is 1. The van der Waals surface area contributed by atoms with Crippen LogP contribution in [-0.4, -0.2) is 103 Å². The van der Waals surface area contributed by atoms with Crippen LogP contribution in [0.15, 0.2) is 24.3 Å². The van der Waals surface area contributed by atoms with Gasteiger partial charge in [-0.05, 0) is 44.6 Å². The molecule has 1 saturated heterocycles. The van der Waals surface area contributed by atoms with Crippen LogP contribution in [-0.2, 0) is 28.9 Å². The normalized spacial score (nSPS) is 29.6. The Morgan fingerprint density at radius 2 is 1.75 bits per heavy atom. The number of hydrogen-bond acceptors (Lipinski definition) is 10. The van der Waals surface area contributed by atoms with E-state index in [2.05, 4.69) is 4.18 Å². The second-order valence-electron chi connectivity index (χ2n) is 9.56. The van der Waals surface area contributed by atoms with Gasteiger partial charge in [-0.15, -0.1) is 0 Å². The fourth-order valence-corrected chi connectivity index (χ4v) is 5.57. The van der Waals surface area contributed by atoms with Crippen molar-refractivity contribution in [2.24, 2.45) is 0 Å². The molecule has 2 fully saturated rings. The molecule has 1 aliphatic carbocycles. The van der Waals surface area contributed by atoms with Gasteiger partial charge >= 0.3 is 16.4 Å². The summed E-state index contributed by atoms with van der Waals surface area (Å²) in [4.78, 5) is 13.7. The number of rotatable bonds is 10. The first kappa shape index (κ1) is 28.7. The fourth-order valence-electron chi connectivity index (χ4n) is 5.09. The Bertz CT molecular complexity index is 978. The number of carboxylic acid groups (broad SMARTS) is 1. The molecule has 6 atom stereocenters. The summed E-state index contributed by atoms with van der Waals surface area (Å²) >= 11 is 0. The smallest absolute Gasteiger partial charge is 0.397 e. The Labute approximate surface area is 210 Å². The van der Waals surface area contributed by atoms with Crippen LogP contribution in [0.5, 0.6) is 5.75 Å². The maximum Gasteiger partial charge on any atom is 0.397 e. The highest BCUT2D eigenvalue weighted by atomic mass is 32.3. The van der Waals surface area contributed by atoms with Crippen molar-refractivity contribution in [3.8, 4) is 5.75 Å². The maximum absolute atomic E-state index is 11.7. The monoisotopic (exact) mass is 533 g/mol. The van der Waals surface area contributed by atoms with Gasteiger partial charge < -0.3 is 34.4 Å². The van der Waals surface area contributed by atoms with Gasteiger partial charge in [0, 0.05) is 12.5 Å². The maximum atomic E-state index is 11.7. The molecule has 12 nitrogen and oxygen atoms in total. The number of hydrogen-bond donors (Lipinski definition) is 4. The minimum atomic E-state index is -5.11. The van der Waals surface area contributed by atoms with E-state index < -0.39 is 52.7 Å². The van der Waals surface area contributed by atoms with E-state index in [-0.39, 0.29) is 5.92 Å². The molecule has 13 heteroatoms. The van der Waals surface area contributed by atoms with Crippen LogP contribution in [0.2, 0.25) is 0 Å². The summed E-state index contributed by atoms with van der Waals surface area (Å²) in [6.45, 7) is 0.524. The van der Waals surface area contributed by atoms with Gasteiger partial charge in [-0.1, -0.05) is 31.4 Å². The van der Waals surface area contributed by atoms with Gasteiger partial charge in [0.05, 0.1) is 12.7 Å². The predicted molar refractivity (Wildman–Crippen MR) is 126 cm³/mol. The number of methoxy groups -OCH3 is 1. The lowest BCUT2D eigenvalue weighted by atomic mass is 9.72. The van der Waals surface area contributed by atoms with Crippen LogP contribution in [0, 0.1) is 0 Å². The Balaban J connectivity index is 2.05. The molecule has 204 valence electrons. The minimum absolute atomic E-state index is 0.277. The number of carboxylic acids is 1. The summed E-state index contributed by atoms with van der Waals surface area (Å²) in [7, 11) is 0.246. The lowest BCUT2D eigenvalue weighted by Gasteiger charge is -2.49. The van der Waals surface area contributed by atoms with E-state index in [9.17, 15) is 33.1 Å². The molecular formula is C23H35NO11S. The number of carbonyl (C=O) groups is 1. The second-order valence-corrected chi connectivity index (χ2v) is 10.6. The molecule has 0 amide bonds. The van der Waals surface area contributed by atoms with Crippen molar-refractivity contribution >= 4 is 16.4 Å². The number of benzene rings is 1. The number of aliphatic hydroxyl groups excluding tert-OH is 2. The van der Waals surface area contributed by atoms with Crippen molar-refractivity contribution in [2.45, 2.75) is 74.3 Å². The average Bonchev–Trinajstić information content (AvgIpc) is 2.82. The molecule has 6 unspecified atom stereocenters. The summed E-state index contributed by atoms with van der Waals surface area (Å²) in [6.07, 6.45) is -5.99. The molecule has 4 N–H and O–H groups in total.